The molecule has 1 fully saturated rings. The fraction of sp³-hybridized carbons (Fsp3) is 0.250. The average molecular weight is 325 g/mol. The summed E-state index contributed by atoms with van der Waals surface area (Å²) in [7, 11) is 0. The van der Waals surface area contributed by atoms with E-state index in [1.165, 1.54) is 11.3 Å². The summed E-state index contributed by atoms with van der Waals surface area (Å²) in [6.45, 7) is 1.39. The molecule has 1 unspecified atom stereocenters. The summed E-state index contributed by atoms with van der Waals surface area (Å²) in [5.41, 5.74) is 3.26. The normalized spacial score (nSPS) is 17.6. The molecule has 4 rings (SSSR count). The van der Waals surface area contributed by atoms with Crippen molar-refractivity contribution in [3.63, 3.8) is 0 Å². The fourth-order valence-electron chi connectivity index (χ4n) is 2.94. The highest BCUT2D eigenvalue weighted by Gasteiger charge is 2.30. The van der Waals surface area contributed by atoms with E-state index < -0.39 is 0 Å². The van der Waals surface area contributed by atoms with Crippen molar-refractivity contribution >= 4 is 17.2 Å². The third kappa shape index (κ3) is 2.63. The molecule has 1 aliphatic rings. The van der Waals surface area contributed by atoms with Gasteiger partial charge in [-0.15, -0.1) is 21.5 Å². The van der Waals surface area contributed by atoms with Gasteiger partial charge in [-0.1, -0.05) is 30.3 Å². The van der Waals surface area contributed by atoms with Gasteiger partial charge in [-0.05, 0) is 6.42 Å². The van der Waals surface area contributed by atoms with Crippen molar-refractivity contribution in [3.8, 4) is 11.4 Å². The summed E-state index contributed by atoms with van der Waals surface area (Å²) >= 11 is 1.44. The van der Waals surface area contributed by atoms with Crippen molar-refractivity contribution in [2.75, 3.05) is 13.1 Å². The maximum atomic E-state index is 12.4. The quantitative estimate of drug-likeness (QED) is 0.742. The molecule has 116 valence electrons. The molecule has 23 heavy (non-hydrogen) atoms. The van der Waals surface area contributed by atoms with Gasteiger partial charge in [0, 0.05) is 24.0 Å². The molecule has 3 aromatic rings. The molecule has 7 heteroatoms. The summed E-state index contributed by atoms with van der Waals surface area (Å²) in [6, 6.07) is 10.2. The van der Waals surface area contributed by atoms with E-state index in [9.17, 15) is 4.79 Å². The van der Waals surface area contributed by atoms with Gasteiger partial charge in [-0.25, -0.2) is 4.98 Å². The summed E-state index contributed by atoms with van der Waals surface area (Å²) in [4.78, 5) is 18.4. The molecule has 0 spiro atoms. The first-order chi connectivity index (χ1) is 11.3. The van der Waals surface area contributed by atoms with Crippen molar-refractivity contribution in [1.82, 2.24) is 24.6 Å². The van der Waals surface area contributed by atoms with Crippen LogP contribution in [0.25, 0.3) is 11.4 Å². The molecule has 6 nitrogen and oxygen atoms in total. The highest BCUT2D eigenvalue weighted by Crippen LogP contribution is 2.27. The molecular weight excluding hydrogens is 310 g/mol. The van der Waals surface area contributed by atoms with Gasteiger partial charge >= 0.3 is 0 Å². The molecule has 1 saturated heterocycles. The zero-order valence-electron chi connectivity index (χ0n) is 12.4. The lowest BCUT2D eigenvalue weighted by Gasteiger charge is -2.17. The van der Waals surface area contributed by atoms with Crippen LogP contribution in [0.15, 0.2) is 47.5 Å². The molecule has 0 radical (unpaired) electrons. The van der Waals surface area contributed by atoms with E-state index in [2.05, 4.69) is 19.7 Å². The largest absolute Gasteiger partial charge is 0.335 e. The van der Waals surface area contributed by atoms with Crippen molar-refractivity contribution < 1.29 is 4.79 Å². The molecule has 3 heterocycles. The number of thiazole rings is 1. The summed E-state index contributed by atoms with van der Waals surface area (Å²) in [5.74, 6) is 0.849. The fourth-order valence-corrected chi connectivity index (χ4v) is 3.46. The molecule has 1 atom stereocenters. The first-order valence-corrected chi connectivity index (χ1v) is 8.39. The van der Waals surface area contributed by atoms with E-state index in [-0.39, 0.29) is 11.9 Å². The van der Waals surface area contributed by atoms with E-state index in [4.69, 9.17) is 0 Å². The Balaban J connectivity index is 1.55. The SMILES string of the molecule is O=C(c1cscn1)N1CCC(n2cnnc2-c2ccccc2)C1. The zero-order valence-corrected chi connectivity index (χ0v) is 13.2. The minimum atomic E-state index is 0.00286. The van der Waals surface area contributed by atoms with E-state index in [1.807, 2.05) is 35.2 Å². The standard InChI is InChI=1S/C16H15N5OS/c22-16(14-9-23-11-17-14)20-7-6-13(8-20)21-10-18-19-15(21)12-4-2-1-3-5-12/h1-5,9-11,13H,6-8H2. The number of likely N-dealkylation sites (tertiary alicyclic amines) is 1. The topological polar surface area (TPSA) is 63.9 Å². The monoisotopic (exact) mass is 325 g/mol. The van der Waals surface area contributed by atoms with Crippen molar-refractivity contribution in [1.29, 1.82) is 0 Å². The Labute approximate surface area is 137 Å². The molecule has 2 aromatic heterocycles. The van der Waals surface area contributed by atoms with Gasteiger partial charge in [0.25, 0.3) is 5.91 Å². The van der Waals surface area contributed by atoms with Crippen LogP contribution in [0.4, 0.5) is 0 Å². The van der Waals surface area contributed by atoms with Crippen molar-refractivity contribution in [2.24, 2.45) is 0 Å². The predicted molar refractivity (Wildman–Crippen MR) is 87.1 cm³/mol. The maximum Gasteiger partial charge on any atom is 0.273 e. The molecule has 1 aliphatic heterocycles. The number of carbonyl (C=O) groups excluding carboxylic acids is 1. The van der Waals surface area contributed by atoms with Crippen LogP contribution in [-0.2, 0) is 0 Å². The van der Waals surface area contributed by atoms with Crippen LogP contribution in [-0.4, -0.2) is 43.6 Å². The van der Waals surface area contributed by atoms with Gasteiger partial charge in [0.15, 0.2) is 5.82 Å². The van der Waals surface area contributed by atoms with Gasteiger partial charge in [0.1, 0.15) is 12.0 Å². The van der Waals surface area contributed by atoms with Crippen LogP contribution in [0.3, 0.4) is 0 Å². The van der Waals surface area contributed by atoms with E-state index in [1.54, 1.807) is 17.2 Å². The van der Waals surface area contributed by atoms with Gasteiger partial charge in [0.2, 0.25) is 0 Å². The van der Waals surface area contributed by atoms with Gasteiger partial charge in [-0.3, -0.25) is 4.79 Å². The molecular formula is C16H15N5OS. The Kier molecular flexibility index (Phi) is 3.63. The van der Waals surface area contributed by atoms with Gasteiger partial charge < -0.3 is 9.47 Å². The summed E-state index contributed by atoms with van der Waals surface area (Å²) < 4.78 is 2.07. The number of benzene rings is 1. The van der Waals surface area contributed by atoms with Crippen LogP contribution in [0.1, 0.15) is 23.0 Å². The number of rotatable bonds is 3. The van der Waals surface area contributed by atoms with Crippen LogP contribution in [0, 0.1) is 0 Å². The number of carbonyl (C=O) groups is 1. The van der Waals surface area contributed by atoms with E-state index in [0.717, 1.165) is 24.4 Å². The second-order valence-corrected chi connectivity index (χ2v) is 6.21. The number of nitrogens with zero attached hydrogens (tertiary/aromatic N) is 5. The lowest BCUT2D eigenvalue weighted by Crippen LogP contribution is -2.29. The minimum Gasteiger partial charge on any atom is -0.335 e. The third-order valence-electron chi connectivity index (χ3n) is 4.10. The smallest absolute Gasteiger partial charge is 0.273 e. The highest BCUT2D eigenvalue weighted by atomic mass is 32.1. The highest BCUT2D eigenvalue weighted by molar-refractivity contribution is 7.07. The molecule has 0 bridgehead atoms. The second kappa shape index (κ2) is 5.92. The summed E-state index contributed by atoms with van der Waals surface area (Å²) in [5, 5.41) is 10.1. The first-order valence-electron chi connectivity index (χ1n) is 7.45. The lowest BCUT2D eigenvalue weighted by atomic mass is 10.2. The predicted octanol–water partition coefficient (Wildman–Crippen LogP) is 2.49. The molecule has 1 amide bonds. The van der Waals surface area contributed by atoms with E-state index >= 15 is 0 Å². The van der Waals surface area contributed by atoms with Crippen LogP contribution in [0.2, 0.25) is 0 Å². The molecule has 0 aliphatic carbocycles. The Morgan fingerprint density at radius 2 is 2.13 bits per heavy atom. The minimum absolute atomic E-state index is 0.00286. The number of hydrogen-bond donors (Lipinski definition) is 0. The number of amides is 1. The number of hydrogen-bond acceptors (Lipinski definition) is 5. The lowest BCUT2D eigenvalue weighted by molar-refractivity contribution is 0.0783. The Bertz CT molecular complexity index is 799. The van der Waals surface area contributed by atoms with E-state index in [0.29, 0.717) is 12.2 Å². The maximum absolute atomic E-state index is 12.4. The molecule has 0 saturated carbocycles. The van der Waals surface area contributed by atoms with Crippen LogP contribution < -0.4 is 0 Å². The van der Waals surface area contributed by atoms with Crippen LogP contribution >= 0.6 is 11.3 Å². The average Bonchev–Trinajstić information content (AvgIpc) is 3.35. The Morgan fingerprint density at radius 3 is 2.91 bits per heavy atom. The third-order valence-corrected chi connectivity index (χ3v) is 4.69. The van der Waals surface area contributed by atoms with Crippen LogP contribution in [0.5, 0.6) is 0 Å². The first kappa shape index (κ1) is 14.1. The number of aromatic nitrogens is 4. The van der Waals surface area contributed by atoms with Crippen molar-refractivity contribution in [3.05, 3.63) is 53.2 Å². The Morgan fingerprint density at radius 1 is 1.26 bits per heavy atom. The van der Waals surface area contributed by atoms with Gasteiger partial charge in [-0.2, -0.15) is 0 Å². The molecule has 0 N–H and O–H groups in total. The molecule has 1 aromatic carbocycles. The second-order valence-electron chi connectivity index (χ2n) is 5.50. The van der Waals surface area contributed by atoms with Gasteiger partial charge in [0.05, 0.1) is 11.6 Å². The van der Waals surface area contributed by atoms with Crippen molar-refractivity contribution in [2.45, 2.75) is 12.5 Å². The summed E-state index contributed by atoms with van der Waals surface area (Å²) in [6.07, 6.45) is 2.65. The zero-order chi connectivity index (χ0) is 15.6. The Hall–Kier alpha value is -2.54.